The maximum atomic E-state index is 11.5. The number of nitrogens with two attached hydrogens (primary N) is 2. The van der Waals surface area contributed by atoms with Gasteiger partial charge in [-0.1, -0.05) is 0 Å². The zero-order chi connectivity index (χ0) is 17.4. The molecule has 8 nitrogen and oxygen atoms in total. The largest absolute Gasteiger partial charge is 0.341 e. The molecule has 2 aromatic rings. The van der Waals surface area contributed by atoms with Gasteiger partial charge in [-0.25, -0.2) is 4.98 Å². The van der Waals surface area contributed by atoms with Crippen molar-refractivity contribution in [3.8, 4) is 0 Å². The zero-order valence-corrected chi connectivity index (χ0v) is 16.1. The summed E-state index contributed by atoms with van der Waals surface area (Å²) in [4.78, 5) is 17.8. The Balaban J connectivity index is 2.23. The van der Waals surface area contributed by atoms with Crippen LogP contribution >= 0.6 is 31.9 Å². The van der Waals surface area contributed by atoms with Crippen molar-refractivity contribution in [1.82, 2.24) is 9.55 Å². The van der Waals surface area contributed by atoms with E-state index in [1.54, 1.807) is 0 Å². The molecule has 0 aliphatic carbocycles. The van der Waals surface area contributed by atoms with Crippen LogP contribution in [0.4, 0.5) is 11.6 Å². The Morgan fingerprint density at radius 1 is 1.46 bits per heavy atom. The number of halogens is 2. The molecule has 1 unspecified atom stereocenters. The second-order valence-corrected chi connectivity index (χ2v) is 7.49. The lowest BCUT2D eigenvalue weighted by molar-refractivity contribution is -0.384. The van der Waals surface area contributed by atoms with Gasteiger partial charge in [0.2, 0.25) is 5.95 Å². The Kier molecular flexibility index (Phi) is 5.09. The number of nitrogens with zero attached hydrogens (tertiary/aromatic N) is 4. The summed E-state index contributed by atoms with van der Waals surface area (Å²) in [6.07, 6.45) is 1.65. The van der Waals surface area contributed by atoms with Crippen LogP contribution in [-0.4, -0.2) is 40.2 Å². The Hall–Kier alpha value is -1.23. The van der Waals surface area contributed by atoms with Gasteiger partial charge in [-0.15, -0.1) is 0 Å². The van der Waals surface area contributed by atoms with Crippen molar-refractivity contribution in [3.05, 3.63) is 25.1 Å². The third-order valence-electron chi connectivity index (χ3n) is 4.17. The third kappa shape index (κ3) is 3.03. The molecule has 1 aliphatic rings. The van der Waals surface area contributed by atoms with Gasteiger partial charge in [-0.2, -0.15) is 0 Å². The molecule has 1 aromatic carbocycles. The lowest BCUT2D eigenvalue weighted by atomic mass is 10.2. The van der Waals surface area contributed by atoms with Crippen LogP contribution in [-0.2, 0) is 6.54 Å². The maximum Gasteiger partial charge on any atom is 0.312 e. The highest BCUT2D eigenvalue weighted by molar-refractivity contribution is 9.13. The van der Waals surface area contributed by atoms with Crippen LogP contribution in [0.2, 0.25) is 0 Å². The monoisotopic (exact) mass is 460 g/mol. The van der Waals surface area contributed by atoms with E-state index < -0.39 is 4.92 Å². The van der Waals surface area contributed by atoms with Crippen LogP contribution in [0.1, 0.15) is 12.8 Å². The van der Waals surface area contributed by atoms with Crippen molar-refractivity contribution < 1.29 is 4.92 Å². The van der Waals surface area contributed by atoms with Gasteiger partial charge in [0.15, 0.2) is 5.52 Å². The van der Waals surface area contributed by atoms with Crippen molar-refractivity contribution in [1.29, 1.82) is 0 Å². The summed E-state index contributed by atoms with van der Waals surface area (Å²) in [5, 5.41) is 11.5. The average Bonchev–Trinajstić information content (AvgIpc) is 3.09. The lowest BCUT2D eigenvalue weighted by Gasteiger charge is -2.19. The van der Waals surface area contributed by atoms with Crippen LogP contribution in [0.15, 0.2) is 15.0 Å². The molecule has 1 fully saturated rings. The van der Waals surface area contributed by atoms with Crippen LogP contribution in [0.25, 0.3) is 11.0 Å². The smallest absolute Gasteiger partial charge is 0.312 e. The molecule has 1 aromatic heterocycles. The minimum absolute atomic E-state index is 0.0318. The highest BCUT2D eigenvalue weighted by atomic mass is 79.9. The van der Waals surface area contributed by atoms with Gasteiger partial charge < -0.3 is 20.9 Å². The normalized spacial score (nSPS) is 17.8. The van der Waals surface area contributed by atoms with Crippen molar-refractivity contribution in [2.24, 2.45) is 11.5 Å². The standard InChI is InChI=1S/C14H18Br2N6O2/c15-9-6-10-12(13(11(9)16)22(23)24)19-14(21(10)4-1-3-17)20-5-2-8(18)7-20/h6,8H,1-5,7,17-18H2. The summed E-state index contributed by atoms with van der Waals surface area (Å²) in [7, 11) is 0. The van der Waals surface area contributed by atoms with E-state index in [1.807, 2.05) is 10.6 Å². The number of fused-ring (bicyclic) bond motifs is 1. The van der Waals surface area contributed by atoms with Gasteiger partial charge in [-0.3, -0.25) is 10.1 Å². The van der Waals surface area contributed by atoms with Crippen LogP contribution < -0.4 is 16.4 Å². The van der Waals surface area contributed by atoms with Gasteiger partial charge in [0.05, 0.1) is 10.4 Å². The molecule has 3 rings (SSSR count). The summed E-state index contributed by atoms with van der Waals surface area (Å²) in [5.74, 6) is 0.722. The molecule has 2 heterocycles. The number of aryl methyl sites for hydroxylation is 1. The maximum absolute atomic E-state index is 11.5. The predicted molar refractivity (Wildman–Crippen MR) is 100 cm³/mol. The first-order valence-corrected chi connectivity index (χ1v) is 9.25. The van der Waals surface area contributed by atoms with E-state index in [9.17, 15) is 10.1 Å². The fourth-order valence-corrected chi connectivity index (χ4v) is 3.87. The van der Waals surface area contributed by atoms with Crippen LogP contribution in [0.5, 0.6) is 0 Å². The van der Waals surface area contributed by atoms with Crippen molar-refractivity contribution in [3.63, 3.8) is 0 Å². The highest BCUT2D eigenvalue weighted by Gasteiger charge is 2.29. The third-order valence-corrected chi connectivity index (χ3v) is 6.13. The van der Waals surface area contributed by atoms with E-state index >= 15 is 0 Å². The van der Waals surface area contributed by atoms with Gasteiger partial charge in [0, 0.05) is 30.1 Å². The number of rotatable bonds is 5. The fourth-order valence-electron chi connectivity index (χ4n) is 3.02. The molecule has 0 amide bonds. The molecule has 24 heavy (non-hydrogen) atoms. The molecule has 130 valence electrons. The number of nitro groups is 1. The molecule has 0 radical (unpaired) electrons. The molecule has 0 spiro atoms. The number of benzene rings is 1. The summed E-state index contributed by atoms with van der Waals surface area (Å²) in [6, 6.07) is 1.95. The van der Waals surface area contributed by atoms with Crippen molar-refractivity contribution >= 4 is 54.5 Å². The first kappa shape index (κ1) is 17.6. The number of anilines is 1. The summed E-state index contributed by atoms with van der Waals surface area (Å²) >= 11 is 6.68. The minimum atomic E-state index is -0.406. The zero-order valence-electron chi connectivity index (χ0n) is 12.9. The van der Waals surface area contributed by atoms with Gasteiger partial charge >= 0.3 is 5.69 Å². The van der Waals surface area contributed by atoms with Gasteiger partial charge in [-0.05, 0) is 57.3 Å². The molecular weight excluding hydrogens is 444 g/mol. The Morgan fingerprint density at radius 3 is 2.79 bits per heavy atom. The SMILES string of the molecule is NCCCn1c(N2CCC(N)C2)nc2c([N+](=O)[O-])c(Br)c(Br)cc21. The Morgan fingerprint density at radius 2 is 2.21 bits per heavy atom. The van der Waals surface area contributed by atoms with E-state index in [-0.39, 0.29) is 11.7 Å². The van der Waals surface area contributed by atoms with Crippen molar-refractivity contribution in [2.45, 2.75) is 25.4 Å². The van der Waals surface area contributed by atoms with E-state index in [1.165, 1.54) is 0 Å². The molecule has 1 aliphatic heterocycles. The topological polar surface area (TPSA) is 116 Å². The van der Waals surface area contributed by atoms with E-state index in [4.69, 9.17) is 11.5 Å². The number of aromatic nitrogens is 2. The molecule has 1 atom stereocenters. The summed E-state index contributed by atoms with van der Waals surface area (Å²) < 4.78 is 3.03. The van der Waals surface area contributed by atoms with Crippen LogP contribution in [0, 0.1) is 10.1 Å². The number of hydrogen-bond acceptors (Lipinski definition) is 6. The molecular formula is C14H18Br2N6O2. The Bertz CT molecular complexity index is 793. The second kappa shape index (κ2) is 6.95. The highest BCUT2D eigenvalue weighted by Crippen LogP contribution is 2.40. The molecule has 4 N–H and O–H groups in total. The number of imidazole rings is 1. The summed E-state index contributed by atoms with van der Waals surface area (Å²) in [5.41, 5.74) is 12.7. The van der Waals surface area contributed by atoms with Crippen LogP contribution in [0.3, 0.4) is 0 Å². The molecule has 1 saturated heterocycles. The number of nitro benzene ring substituents is 1. The lowest BCUT2D eigenvalue weighted by Crippen LogP contribution is -2.28. The first-order chi connectivity index (χ1) is 11.4. The van der Waals surface area contributed by atoms with E-state index in [2.05, 4.69) is 41.7 Å². The summed E-state index contributed by atoms with van der Waals surface area (Å²) in [6.45, 7) is 2.68. The van der Waals surface area contributed by atoms with Crippen molar-refractivity contribution in [2.75, 3.05) is 24.5 Å². The minimum Gasteiger partial charge on any atom is -0.341 e. The predicted octanol–water partition coefficient (Wildman–Crippen LogP) is 2.36. The average molecular weight is 462 g/mol. The first-order valence-electron chi connectivity index (χ1n) is 7.67. The van der Waals surface area contributed by atoms with E-state index in [0.29, 0.717) is 34.1 Å². The molecule has 0 saturated carbocycles. The molecule has 10 heteroatoms. The van der Waals surface area contributed by atoms with Gasteiger partial charge in [0.25, 0.3) is 0 Å². The van der Waals surface area contributed by atoms with E-state index in [0.717, 1.165) is 30.9 Å². The van der Waals surface area contributed by atoms with Gasteiger partial charge in [0.1, 0.15) is 4.47 Å². The molecule has 0 bridgehead atoms. The number of hydrogen-bond donors (Lipinski definition) is 2. The fraction of sp³-hybridized carbons (Fsp3) is 0.500. The second-order valence-electron chi connectivity index (χ2n) is 5.85. The Labute approximate surface area is 155 Å². The quantitative estimate of drug-likeness (QED) is 0.521.